The van der Waals surface area contributed by atoms with Crippen molar-refractivity contribution in [2.24, 2.45) is 5.73 Å². The number of carbonyl (C=O) groups excluding carboxylic acids is 2. The summed E-state index contributed by atoms with van der Waals surface area (Å²) in [6.45, 7) is 1.93. The maximum Gasteiger partial charge on any atom is 0.280 e. The molecule has 0 aliphatic carbocycles. The summed E-state index contributed by atoms with van der Waals surface area (Å²) in [6, 6.07) is 5.39. The summed E-state index contributed by atoms with van der Waals surface area (Å²) >= 11 is 12.5. The van der Waals surface area contributed by atoms with E-state index in [1.165, 1.54) is 0 Å². The minimum atomic E-state index is -0.639. The number of carbonyl (C=O) groups is 2. The third-order valence-electron chi connectivity index (χ3n) is 1.37. The minimum absolute atomic E-state index is 0.416. The van der Waals surface area contributed by atoms with Crippen molar-refractivity contribution >= 4 is 53.0 Å². The second-order valence-electron chi connectivity index (χ2n) is 2.75. The van der Waals surface area contributed by atoms with Gasteiger partial charge in [-0.25, -0.2) is 0 Å². The predicted molar refractivity (Wildman–Crippen MR) is 72.8 cm³/mol. The molecule has 0 heterocycles. The molecule has 7 heteroatoms. The van der Waals surface area contributed by atoms with Crippen LogP contribution in [0.15, 0.2) is 18.2 Å². The molecule has 0 saturated carbocycles. The Bertz CT molecular complexity index is 395. The SMILES string of the molecule is Cc1ccc(NC(=O)S)c(Cl)c1.NC(=O)S. The molecule has 1 aromatic rings. The van der Waals surface area contributed by atoms with Crippen LogP contribution in [0.5, 0.6) is 0 Å². The van der Waals surface area contributed by atoms with E-state index in [-0.39, 0.29) is 0 Å². The van der Waals surface area contributed by atoms with Crippen molar-refractivity contribution in [3.8, 4) is 0 Å². The normalized spacial score (nSPS) is 8.75. The zero-order valence-electron chi connectivity index (χ0n) is 8.40. The number of amides is 2. The van der Waals surface area contributed by atoms with Gasteiger partial charge in [0, 0.05) is 0 Å². The summed E-state index contributed by atoms with van der Waals surface area (Å²) < 4.78 is 0. The molecule has 3 N–H and O–H groups in total. The number of nitrogens with one attached hydrogen (secondary N) is 1. The van der Waals surface area contributed by atoms with E-state index in [2.05, 4.69) is 36.3 Å². The van der Waals surface area contributed by atoms with Gasteiger partial charge in [0.05, 0.1) is 10.7 Å². The highest BCUT2D eigenvalue weighted by Crippen LogP contribution is 2.22. The minimum Gasteiger partial charge on any atom is -0.361 e. The molecule has 0 saturated heterocycles. The van der Waals surface area contributed by atoms with Gasteiger partial charge in [-0.15, -0.1) is 0 Å². The summed E-state index contributed by atoms with van der Waals surface area (Å²) in [4.78, 5) is 19.6. The van der Waals surface area contributed by atoms with E-state index >= 15 is 0 Å². The van der Waals surface area contributed by atoms with Crippen molar-refractivity contribution in [3.63, 3.8) is 0 Å². The van der Waals surface area contributed by atoms with Gasteiger partial charge in [-0.05, 0) is 24.6 Å². The number of anilines is 1. The van der Waals surface area contributed by atoms with Gasteiger partial charge in [0.2, 0.25) is 0 Å². The maximum atomic E-state index is 10.5. The lowest BCUT2D eigenvalue weighted by Crippen LogP contribution is -2.01. The average molecular weight is 279 g/mol. The van der Waals surface area contributed by atoms with Crippen molar-refractivity contribution in [1.29, 1.82) is 0 Å². The van der Waals surface area contributed by atoms with Gasteiger partial charge < -0.3 is 11.1 Å². The van der Waals surface area contributed by atoms with Gasteiger partial charge in [-0.3, -0.25) is 9.59 Å². The Labute approximate surface area is 109 Å². The third-order valence-corrected chi connectivity index (χ3v) is 1.79. The number of primary amides is 1. The molecular formula is C9H11ClN2O2S2. The van der Waals surface area contributed by atoms with Crippen molar-refractivity contribution in [2.75, 3.05) is 5.32 Å². The van der Waals surface area contributed by atoms with E-state index in [1.54, 1.807) is 12.1 Å². The fourth-order valence-corrected chi connectivity index (χ4v) is 1.24. The van der Waals surface area contributed by atoms with E-state index in [4.69, 9.17) is 16.4 Å². The lowest BCUT2D eigenvalue weighted by Gasteiger charge is -2.03. The molecule has 1 rings (SSSR count). The second-order valence-corrected chi connectivity index (χ2v) is 4.01. The van der Waals surface area contributed by atoms with Crippen molar-refractivity contribution in [3.05, 3.63) is 28.8 Å². The quantitative estimate of drug-likeness (QED) is 0.596. The number of thiol groups is 2. The Morgan fingerprint density at radius 2 is 1.88 bits per heavy atom. The molecule has 2 amide bonds. The van der Waals surface area contributed by atoms with Crippen molar-refractivity contribution in [1.82, 2.24) is 0 Å². The molecule has 88 valence electrons. The largest absolute Gasteiger partial charge is 0.361 e. The Balaban J connectivity index is 0.000000487. The van der Waals surface area contributed by atoms with Crippen molar-refractivity contribution < 1.29 is 9.59 Å². The number of halogens is 1. The topological polar surface area (TPSA) is 72.2 Å². The highest BCUT2D eigenvalue weighted by atomic mass is 35.5. The first-order valence-corrected chi connectivity index (χ1v) is 5.34. The number of hydrogen-bond acceptors (Lipinski definition) is 2. The summed E-state index contributed by atoms with van der Waals surface area (Å²) in [5.74, 6) is 0. The molecule has 0 unspecified atom stereocenters. The van der Waals surface area contributed by atoms with Crippen LogP contribution in [0.25, 0.3) is 0 Å². The van der Waals surface area contributed by atoms with E-state index in [0.29, 0.717) is 10.7 Å². The highest BCUT2D eigenvalue weighted by molar-refractivity contribution is 7.97. The molecular weight excluding hydrogens is 268 g/mol. The lowest BCUT2D eigenvalue weighted by atomic mass is 10.2. The monoisotopic (exact) mass is 278 g/mol. The predicted octanol–water partition coefficient (Wildman–Crippen LogP) is 3.11. The lowest BCUT2D eigenvalue weighted by molar-refractivity contribution is 0.267. The molecule has 0 radical (unpaired) electrons. The Morgan fingerprint density at radius 1 is 1.38 bits per heavy atom. The first-order valence-electron chi connectivity index (χ1n) is 4.07. The van der Waals surface area contributed by atoms with Crippen LogP contribution in [0.2, 0.25) is 5.02 Å². The van der Waals surface area contributed by atoms with Crippen LogP contribution >= 0.6 is 36.9 Å². The Kier molecular flexibility index (Phi) is 7.03. The van der Waals surface area contributed by atoms with Gasteiger partial charge in [-0.2, -0.15) is 0 Å². The Morgan fingerprint density at radius 3 is 2.25 bits per heavy atom. The number of aryl methyl sites for hydroxylation is 1. The smallest absolute Gasteiger partial charge is 0.280 e. The summed E-state index contributed by atoms with van der Waals surface area (Å²) in [7, 11) is 0. The zero-order chi connectivity index (χ0) is 12.7. The van der Waals surface area contributed by atoms with Crippen LogP contribution in [-0.4, -0.2) is 10.5 Å². The standard InChI is InChI=1S/C8H8ClNOS.CH3NOS/c1-5-2-3-7(6(9)4-5)10-8(11)12;2-1(3)4/h2-4H,1H3,(H2,10,11,12);(H3,2,3,4). The number of nitrogens with two attached hydrogens (primary N) is 1. The first kappa shape index (κ1) is 15.2. The van der Waals surface area contributed by atoms with E-state index in [9.17, 15) is 4.79 Å². The maximum absolute atomic E-state index is 10.5. The van der Waals surface area contributed by atoms with Crippen LogP contribution in [0, 0.1) is 6.92 Å². The van der Waals surface area contributed by atoms with Crippen LogP contribution < -0.4 is 11.1 Å². The molecule has 4 nitrogen and oxygen atoms in total. The molecule has 0 aliphatic heterocycles. The molecule has 0 fully saturated rings. The molecule has 0 aliphatic rings. The summed E-state index contributed by atoms with van der Waals surface area (Å²) in [5.41, 5.74) is 5.97. The molecule has 0 atom stereocenters. The zero-order valence-corrected chi connectivity index (χ0v) is 10.9. The number of benzene rings is 1. The third kappa shape index (κ3) is 7.44. The fraction of sp³-hybridized carbons (Fsp3) is 0.111. The van der Waals surface area contributed by atoms with E-state index < -0.39 is 10.5 Å². The van der Waals surface area contributed by atoms with Gasteiger partial charge in [0.25, 0.3) is 10.5 Å². The summed E-state index contributed by atoms with van der Waals surface area (Å²) in [5, 5.41) is 1.96. The van der Waals surface area contributed by atoms with Crippen LogP contribution in [0.4, 0.5) is 15.3 Å². The van der Waals surface area contributed by atoms with E-state index in [1.807, 2.05) is 13.0 Å². The first-order chi connectivity index (χ1) is 7.32. The average Bonchev–Trinajstić information content (AvgIpc) is 2.08. The van der Waals surface area contributed by atoms with Crippen LogP contribution in [0.1, 0.15) is 5.56 Å². The van der Waals surface area contributed by atoms with Gasteiger partial charge in [0.15, 0.2) is 0 Å². The van der Waals surface area contributed by atoms with Crippen LogP contribution in [-0.2, 0) is 0 Å². The van der Waals surface area contributed by atoms with E-state index in [0.717, 1.165) is 5.56 Å². The molecule has 0 bridgehead atoms. The second kappa shape index (κ2) is 7.43. The number of hydrogen-bond donors (Lipinski definition) is 4. The van der Waals surface area contributed by atoms with Crippen LogP contribution in [0.3, 0.4) is 0 Å². The molecule has 16 heavy (non-hydrogen) atoms. The molecule has 1 aromatic carbocycles. The van der Waals surface area contributed by atoms with Crippen molar-refractivity contribution in [2.45, 2.75) is 6.92 Å². The van der Waals surface area contributed by atoms with Gasteiger partial charge in [0.1, 0.15) is 0 Å². The van der Waals surface area contributed by atoms with Gasteiger partial charge in [-0.1, -0.05) is 42.9 Å². The fourth-order valence-electron chi connectivity index (χ4n) is 0.837. The molecule has 0 aromatic heterocycles. The summed E-state index contributed by atoms with van der Waals surface area (Å²) in [6.07, 6.45) is 0. The Hall–Kier alpha value is -0.850. The number of rotatable bonds is 1. The van der Waals surface area contributed by atoms with Gasteiger partial charge >= 0.3 is 0 Å². The molecule has 0 spiro atoms. The highest BCUT2D eigenvalue weighted by Gasteiger charge is 2.01.